The van der Waals surface area contributed by atoms with Crippen molar-refractivity contribution in [1.82, 2.24) is 5.32 Å². The molecule has 0 bridgehead atoms. The highest BCUT2D eigenvalue weighted by atomic mass is 16.5. The first-order valence-corrected chi connectivity index (χ1v) is 7.38. The topological polar surface area (TPSA) is 64.6 Å². The summed E-state index contributed by atoms with van der Waals surface area (Å²) in [5.41, 5.74) is -0.459. The highest BCUT2D eigenvalue weighted by Crippen LogP contribution is 2.29. The number of ether oxygens (including phenoxy) is 2. The third-order valence-corrected chi connectivity index (χ3v) is 3.49. The van der Waals surface area contributed by atoms with Crippen LogP contribution in [0.3, 0.4) is 0 Å². The molecule has 0 heterocycles. The number of carbonyl (C=O) groups is 2. The van der Waals surface area contributed by atoms with Gasteiger partial charge in [0.1, 0.15) is 5.92 Å². The van der Waals surface area contributed by atoms with Gasteiger partial charge in [0.15, 0.2) is 0 Å². The lowest BCUT2D eigenvalue weighted by molar-refractivity contribution is -0.157. The van der Waals surface area contributed by atoms with Gasteiger partial charge < -0.3 is 14.8 Å². The van der Waals surface area contributed by atoms with E-state index < -0.39 is 17.3 Å². The van der Waals surface area contributed by atoms with Crippen molar-refractivity contribution in [2.24, 2.45) is 11.3 Å². The Labute approximate surface area is 121 Å². The lowest BCUT2D eigenvalue weighted by atomic mass is 9.79. The summed E-state index contributed by atoms with van der Waals surface area (Å²) < 4.78 is 10.5. The molecule has 0 saturated heterocycles. The minimum absolute atomic E-state index is 0.110. The second-order valence-corrected chi connectivity index (χ2v) is 6.31. The maximum absolute atomic E-state index is 12.3. The monoisotopic (exact) mass is 285 g/mol. The summed E-state index contributed by atoms with van der Waals surface area (Å²) in [5, 5.41) is 2.93. The molecule has 0 aromatic rings. The molecule has 0 aromatic heterocycles. The highest BCUT2D eigenvalue weighted by molar-refractivity contribution is 5.98. The lowest BCUT2D eigenvalue weighted by Crippen LogP contribution is -2.52. The van der Waals surface area contributed by atoms with Gasteiger partial charge >= 0.3 is 5.97 Å². The summed E-state index contributed by atoms with van der Waals surface area (Å²) in [6.45, 7) is 10.3. The summed E-state index contributed by atoms with van der Waals surface area (Å²) in [6, 6.07) is 0.110. The summed E-state index contributed by atoms with van der Waals surface area (Å²) in [5.74, 6) is -1.46. The van der Waals surface area contributed by atoms with Crippen LogP contribution in [0.4, 0.5) is 0 Å². The van der Waals surface area contributed by atoms with E-state index in [0.717, 1.165) is 12.8 Å². The third-order valence-electron chi connectivity index (χ3n) is 3.49. The molecule has 5 heteroatoms. The van der Waals surface area contributed by atoms with E-state index in [1.54, 1.807) is 6.92 Å². The molecular weight excluding hydrogens is 258 g/mol. The fourth-order valence-corrected chi connectivity index (χ4v) is 2.42. The summed E-state index contributed by atoms with van der Waals surface area (Å²) in [6.07, 6.45) is 1.87. The van der Waals surface area contributed by atoms with E-state index in [1.165, 1.54) is 0 Å². The van der Waals surface area contributed by atoms with Crippen LogP contribution in [0.15, 0.2) is 0 Å². The van der Waals surface area contributed by atoms with Gasteiger partial charge in [-0.15, -0.1) is 0 Å². The minimum atomic E-state index is -0.770. The van der Waals surface area contributed by atoms with Gasteiger partial charge in [0.25, 0.3) is 0 Å². The molecule has 1 saturated carbocycles. The van der Waals surface area contributed by atoms with Crippen molar-refractivity contribution in [2.75, 3.05) is 13.2 Å². The number of rotatable bonds is 6. The Balaban J connectivity index is 2.55. The average Bonchev–Trinajstić information content (AvgIpc) is 2.24. The van der Waals surface area contributed by atoms with Crippen molar-refractivity contribution in [3.05, 3.63) is 0 Å². The van der Waals surface area contributed by atoms with Gasteiger partial charge in [0.05, 0.1) is 12.7 Å². The van der Waals surface area contributed by atoms with Gasteiger partial charge in [-0.05, 0) is 32.1 Å². The van der Waals surface area contributed by atoms with Crippen LogP contribution < -0.4 is 5.32 Å². The van der Waals surface area contributed by atoms with Crippen molar-refractivity contribution in [2.45, 2.75) is 59.6 Å². The molecule has 1 atom stereocenters. The number of hydrogen-bond acceptors (Lipinski definition) is 4. The molecule has 1 aliphatic rings. The van der Waals surface area contributed by atoms with E-state index >= 15 is 0 Å². The van der Waals surface area contributed by atoms with Gasteiger partial charge in [-0.25, -0.2) is 0 Å². The van der Waals surface area contributed by atoms with E-state index in [4.69, 9.17) is 9.47 Å². The summed E-state index contributed by atoms with van der Waals surface area (Å²) in [7, 11) is 0. The van der Waals surface area contributed by atoms with Gasteiger partial charge in [-0.3, -0.25) is 9.59 Å². The van der Waals surface area contributed by atoms with Gasteiger partial charge in [-0.1, -0.05) is 20.8 Å². The number of carbonyl (C=O) groups excluding carboxylic acids is 2. The summed E-state index contributed by atoms with van der Waals surface area (Å²) >= 11 is 0. The van der Waals surface area contributed by atoms with Crippen molar-refractivity contribution in [3.8, 4) is 0 Å². The maximum Gasteiger partial charge on any atom is 0.319 e. The fourth-order valence-electron chi connectivity index (χ4n) is 2.42. The quantitative estimate of drug-likeness (QED) is 0.598. The van der Waals surface area contributed by atoms with Gasteiger partial charge in [0.2, 0.25) is 5.91 Å². The second kappa shape index (κ2) is 7.07. The molecule has 1 rings (SSSR count). The minimum Gasteiger partial charge on any atom is -0.465 e. The molecule has 1 amide bonds. The van der Waals surface area contributed by atoms with Crippen molar-refractivity contribution in [1.29, 1.82) is 0 Å². The predicted octanol–water partition coefficient (Wildman–Crippen LogP) is 1.90. The molecular formula is C15H27NO4. The molecule has 0 radical (unpaired) electrons. The number of nitrogens with one attached hydrogen (secondary N) is 1. The summed E-state index contributed by atoms with van der Waals surface area (Å²) in [4.78, 5) is 24.3. The molecule has 0 aliphatic heterocycles. The Kier molecular flexibility index (Phi) is 5.99. The molecule has 0 spiro atoms. The Bertz CT molecular complexity index is 342. The Morgan fingerprint density at radius 2 is 1.80 bits per heavy atom. The Morgan fingerprint density at radius 3 is 2.25 bits per heavy atom. The lowest BCUT2D eigenvalue weighted by Gasteiger charge is -2.37. The van der Waals surface area contributed by atoms with Gasteiger partial charge in [-0.2, -0.15) is 0 Å². The molecule has 1 unspecified atom stereocenters. The molecule has 116 valence electrons. The number of hydrogen-bond donors (Lipinski definition) is 1. The normalized spacial score (nSPS) is 23.6. The zero-order chi connectivity index (χ0) is 15.3. The first kappa shape index (κ1) is 17.0. The molecule has 0 aromatic carbocycles. The van der Waals surface area contributed by atoms with Gasteiger partial charge in [0, 0.05) is 12.6 Å². The zero-order valence-corrected chi connectivity index (χ0v) is 13.2. The molecule has 1 aliphatic carbocycles. The largest absolute Gasteiger partial charge is 0.465 e. The van der Waals surface area contributed by atoms with Crippen LogP contribution in [0.1, 0.15) is 47.5 Å². The van der Waals surface area contributed by atoms with E-state index in [2.05, 4.69) is 5.32 Å². The first-order chi connectivity index (χ1) is 9.29. The SMILES string of the molecule is CCOC(=O)C(C(=O)NC1CC(OCC)C1)C(C)(C)C. The van der Waals surface area contributed by atoms with E-state index in [-0.39, 0.29) is 24.7 Å². The molecule has 1 N–H and O–H groups in total. The van der Waals surface area contributed by atoms with Crippen LogP contribution in [-0.4, -0.2) is 37.2 Å². The van der Waals surface area contributed by atoms with E-state index in [9.17, 15) is 9.59 Å². The first-order valence-electron chi connectivity index (χ1n) is 7.38. The molecule has 1 fully saturated rings. The number of esters is 1. The van der Waals surface area contributed by atoms with Crippen LogP contribution in [0.2, 0.25) is 0 Å². The fraction of sp³-hybridized carbons (Fsp3) is 0.867. The maximum atomic E-state index is 12.3. The average molecular weight is 285 g/mol. The third kappa shape index (κ3) is 4.47. The Hall–Kier alpha value is -1.10. The van der Waals surface area contributed by atoms with Crippen molar-refractivity contribution in [3.63, 3.8) is 0 Å². The van der Waals surface area contributed by atoms with E-state index in [1.807, 2.05) is 27.7 Å². The van der Waals surface area contributed by atoms with Crippen molar-refractivity contribution < 1.29 is 19.1 Å². The predicted molar refractivity (Wildman–Crippen MR) is 76.2 cm³/mol. The molecule has 5 nitrogen and oxygen atoms in total. The van der Waals surface area contributed by atoms with Crippen molar-refractivity contribution >= 4 is 11.9 Å². The van der Waals surface area contributed by atoms with Crippen LogP contribution in [0.5, 0.6) is 0 Å². The van der Waals surface area contributed by atoms with E-state index in [0.29, 0.717) is 6.61 Å². The van der Waals surface area contributed by atoms with Crippen LogP contribution in [-0.2, 0) is 19.1 Å². The smallest absolute Gasteiger partial charge is 0.319 e. The van der Waals surface area contributed by atoms with Crippen LogP contribution >= 0.6 is 0 Å². The van der Waals surface area contributed by atoms with Crippen LogP contribution in [0, 0.1) is 11.3 Å². The number of amides is 1. The molecule has 20 heavy (non-hydrogen) atoms. The standard InChI is InChI=1S/C15H27NO4/c1-6-19-11-8-10(9-11)16-13(17)12(15(3,4)5)14(18)20-7-2/h10-12H,6-9H2,1-5H3,(H,16,17). The Morgan fingerprint density at radius 1 is 1.20 bits per heavy atom. The van der Waals surface area contributed by atoms with Crippen LogP contribution in [0.25, 0.3) is 0 Å². The second-order valence-electron chi connectivity index (χ2n) is 6.31. The zero-order valence-electron chi connectivity index (χ0n) is 13.2. The highest BCUT2D eigenvalue weighted by Gasteiger charge is 2.41.